The second kappa shape index (κ2) is 10.5. The van der Waals surface area contributed by atoms with Crippen LogP contribution in [0.5, 0.6) is 0 Å². The first-order valence-electron chi connectivity index (χ1n) is 10.2. The monoisotopic (exact) mass is 391 g/mol. The summed E-state index contributed by atoms with van der Waals surface area (Å²) in [6.07, 6.45) is 8.14. The predicted molar refractivity (Wildman–Crippen MR) is 118 cm³/mol. The summed E-state index contributed by atoms with van der Waals surface area (Å²) in [5.41, 5.74) is 3.73. The molecule has 152 valence electrons. The lowest BCUT2D eigenvalue weighted by Gasteiger charge is -2.17. The van der Waals surface area contributed by atoms with E-state index >= 15 is 0 Å². The highest BCUT2D eigenvalue weighted by atomic mass is 16.2. The average Bonchev–Trinajstić information content (AvgIpc) is 2.78. The van der Waals surface area contributed by atoms with Gasteiger partial charge in [0.25, 0.3) is 5.91 Å². The molecule has 0 bridgehead atoms. The summed E-state index contributed by atoms with van der Waals surface area (Å²) < 4.78 is 0. The Hall–Kier alpha value is -3.08. The first kappa shape index (κ1) is 20.6. The highest BCUT2D eigenvalue weighted by molar-refractivity contribution is 6.05. The van der Waals surface area contributed by atoms with Gasteiger partial charge in [0, 0.05) is 30.5 Å². The molecule has 0 saturated carbocycles. The van der Waals surface area contributed by atoms with Gasteiger partial charge in [-0.15, -0.1) is 0 Å². The zero-order valence-corrected chi connectivity index (χ0v) is 17.0. The molecule has 1 aliphatic rings. The van der Waals surface area contributed by atoms with E-state index in [2.05, 4.69) is 16.7 Å². The first-order valence-corrected chi connectivity index (χ1v) is 10.2. The number of para-hydroxylation sites is 1. The SMILES string of the molecule is CN(C(=O)c1ccc(NCC(=O)NCCC2=CCCCC2)cc1)c1ccccc1. The van der Waals surface area contributed by atoms with E-state index in [9.17, 15) is 9.59 Å². The zero-order chi connectivity index (χ0) is 20.5. The number of carbonyl (C=O) groups excluding carboxylic acids is 2. The van der Waals surface area contributed by atoms with E-state index in [1.54, 1.807) is 24.1 Å². The summed E-state index contributed by atoms with van der Waals surface area (Å²) >= 11 is 0. The molecule has 0 aliphatic heterocycles. The number of allylic oxidation sites excluding steroid dienone is 1. The van der Waals surface area contributed by atoms with E-state index in [1.807, 2.05) is 42.5 Å². The van der Waals surface area contributed by atoms with Crippen LogP contribution < -0.4 is 15.5 Å². The molecular formula is C24H29N3O2. The zero-order valence-electron chi connectivity index (χ0n) is 17.0. The molecule has 0 saturated heterocycles. The van der Waals surface area contributed by atoms with Crippen molar-refractivity contribution in [2.45, 2.75) is 32.1 Å². The molecule has 0 radical (unpaired) electrons. The van der Waals surface area contributed by atoms with Gasteiger partial charge < -0.3 is 15.5 Å². The second-order valence-corrected chi connectivity index (χ2v) is 7.34. The van der Waals surface area contributed by atoms with E-state index in [-0.39, 0.29) is 18.4 Å². The lowest BCUT2D eigenvalue weighted by atomic mass is 9.97. The minimum Gasteiger partial charge on any atom is -0.376 e. The number of amides is 2. The number of rotatable bonds is 8. The van der Waals surface area contributed by atoms with Crippen molar-refractivity contribution in [2.24, 2.45) is 0 Å². The van der Waals surface area contributed by atoms with Crippen LogP contribution in [0.1, 0.15) is 42.5 Å². The molecule has 0 heterocycles. The Kier molecular flexibility index (Phi) is 7.45. The molecule has 3 rings (SSSR count). The van der Waals surface area contributed by atoms with Crippen molar-refractivity contribution in [3.05, 3.63) is 71.8 Å². The van der Waals surface area contributed by atoms with Crippen LogP contribution in [0.15, 0.2) is 66.2 Å². The maximum Gasteiger partial charge on any atom is 0.258 e. The molecule has 0 atom stereocenters. The highest BCUT2D eigenvalue weighted by Gasteiger charge is 2.13. The number of hydrogen-bond donors (Lipinski definition) is 2. The molecule has 2 aromatic carbocycles. The van der Waals surface area contributed by atoms with Gasteiger partial charge in [-0.1, -0.05) is 29.8 Å². The smallest absolute Gasteiger partial charge is 0.258 e. The molecule has 2 amide bonds. The van der Waals surface area contributed by atoms with Gasteiger partial charge in [0.2, 0.25) is 5.91 Å². The average molecular weight is 392 g/mol. The summed E-state index contributed by atoms with van der Waals surface area (Å²) in [7, 11) is 1.76. The summed E-state index contributed by atoms with van der Waals surface area (Å²) in [4.78, 5) is 26.3. The van der Waals surface area contributed by atoms with Crippen molar-refractivity contribution >= 4 is 23.2 Å². The van der Waals surface area contributed by atoms with Gasteiger partial charge in [-0.2, -0.15) is 0 Å². The molecule has 0 spiro atoms. The fourth-order valence-electron chi connectivity index (χ4n) is 3.43. The largest absolute Gasteiger partial charge is 0.376 e. The second-order valence-electron chi connectivity index (χ2n) is 7.34. The van der Waals surface area contributed by atoms with E-state index in [1.165, 1.54) is 31.3 Å². The number of carbonyl (C=O) groups is 2. The van der Waals surface area contributed by atoms with E-state index < -0.39 is 0 Å². The summed E-state index contributed by atoms with van der Waals surface area (Å²) in [6.45, 7) is 0.905. The normalized spacial score (nSPS) is 13.3. The molecule has 0 aromatic heterocycles. The van der Waals surface area contributed by atoms with Crippen molar-refractivity contribution < 1.29 is 9.59 Å². The Labute approximate surface area is 172 Å². The third-order valence-electron chi connectivity index (χ3n) is 5.19. The number of nitrogens with zero attached hydrogens (tertiary/aromatic N) is 1. The molecule has 29 heavy (non-hydrogen) atoms. The third kappa shape index (κ3) is 6.21. The minimum atomic E-state index is -0.0717. The Bertz CT molecular complexity index is 844. The van der Waals surface area contributed by atoms with Crippen LogP contribution >= 0.6 is 0 Å². The summed E-state index contributed by atoms with van der Waals surface area (Å²) in [5, 5.41) is 6.07. The van der Waals surface area contributed by atoms with Crippen LogP contribution in [0.25, 0.3) is 0 Å². The van der Waals surface area contributed by atoms with Gasteiger partial charge >= 0.3 is 0 Å². The van der Waals surface area contributed by atoms with Crippen molar-refractivity contribution in [1.82, 2.24) is 5.32 Å². The molecular weight excluding hydrogens is 362 g/mol. The standard InChI is InChI=1S/C24H29N3O2/c1-27(22-10-6-3-7-11-22)24(29)20-12-14-21(15-13-20)26-18-23(28)25-17-16-19-8-4-2-5-9-19/h3,6-8,10-15,26H,2,4-5,9,16-18H2,1H3,(H,25,28). The van der Waals surface area contributed by atoms with Gasteiger partial charge in [-0.05, 0) is 68.5 Å². The fraction of sp³-hybridized carbons (Fsp3) is 0.333. The fourth-order valence-corrected chi connectivity index (χ4v) is 3.43. The molecule has 2 aromatic rings. The Morgan fingerprint density at radius 3 is 2.45 bits per heavy atom. The number of nitrogens with one attached hydrogen (secondary N) is 2. The maximum absolute atomic E-state index is 12.6. The third-order valence-corrected chi connectivity index (χ3v) is 5.19. The quantitative estimate of drug-likeness (QED) is 0.657. The van der Waals surface area contributed by atoms with Crippen molar-refractivity contribution in [1.29, 1.82) is 0 Å². The maximum atomic E-state index is 12.6. The van der Waals surface area contributed by atoms with Crippen LogP contribution in [-0.4, -0.2) is 32.0 Å². The molecule has 5 heteroatoms. The molecule has 5 nitrogen and oxygen atoms in total. The van der Waals surface area contributed by atoms with Crippen LogP contribution in [-0.2, 0) is 4.79 Å². The number of anilines is 2. The first-order chi connectivity index (χ1) is 14.1. The van der Waals surface area contributed by atoms with Crippen LogP contribution in [0.3, 0.4) is 0 Å². The molecule has 2 N–H and O–H groups in total. The molecule has 0 unspecified atom stereocenters. The Morgan fingerprint density at radius 2 is 1.76 bits per heavy atom. The lowest BCUT2D eigenvalue weighted by Crippen LogP contribution is -2.30. The van der Waals surface area contributed by atoms with Crippen LogP contribution in [0.4, 0.5) is 11.4 Å². The lowest BCUT2D eigenvalue weighted by molar-refractivity contribution is -0.119. The van der Waals surface area contributed by atoms with E-state index in [0.29, 0.717) is 12.1 Å². The van der Waals surface area contributed by atoms with Crippen molar-refractivity contribution in [2.75, 3.05) is 30.4 Å². The minimum absolute atomic E-state index is 0.0228. The van der Waals surface area contributed by atoms with Gasteiger partial charge in [-0.3, -0.25) is 9.59 Å². The predicted octanol–water partition coefficient (Wildman–Crippen LogP) is 4.38. The van der Waals surface area contributed by atoms with Gasteiger partial charge in [0.15, 0.2) is 0 Å². The van der Waals surface area contributed by atoms with Crippen molar-refractivity contribution in [3.63, 3.8) is 0 Å². The van der Waals surface area contributed by atoms with Gasteiger partial charge in [0.05, 0.1) is 6.54 Å². The topological polar surface area (TPSA) is 61.4 Å². The Morgan fingerprint density at radius 1 is 1.00 bits per heavy atom. The van der Waals surface area contributed by atoms with Crippen LogP contribution in [0, 0.1) is 0 Å². The molecule has 1 aliphatic carbocycles. The number of benzene rings is 2. The molecule has 0 fully saturated rings. The van der Waals surface area contributed by atoms with Gasteiger partial charge in [-0.25, -0.2) is 0 Å². The highest BCUT2D eigenvalue weighted by Crippen LogP contribution is 2.19. The number of hydrogen-bond acceptors (Lipinski definition) is 3. The van der Waals surface area contributed by atoms with Crippen LogP contribution in [0.2, 0.25) is 0 Å². The van der Waals surface area contributed by atoms with Gasteiger partial charge in [0.1, 0.15) is 0 Å². The Balaban J connectivity index is 1.43. The summed E-state index contributed by atoms with van der Waals surface area (Å²) in [5.74, 6) is -0.0946. The van der Waals surface area contributed by atoms with E-state index in [0.717, 1.165) is 17.8 Å². The van der Waals surface area contributed by atoms with Crippen molar-refractivity contribution in [3.8, 4) is 0 Å². The van der Waals surface area contributed by atoms with E-state index in [4.69, 9.17) is 0 Å². The summed E-state index contributed by atoms with van der Waals surface area (Å²) in [6, 6.07) is 16.7.